The molecule has 102 valence electrons. The van der Waals surface area contributed by atoms with E-state index >= 15 is 0 Å². The zero-order valence-electron chi connectivity index (χ0n) is 10.3. The number of imidazole rings is 1. The first-order valence-electron chi connectivity index (χ1n) is 5.31. The number of nitrogen functional groups attached to an aromatic ring is 1. The van der Waals surface area contributed by atoms with Crippen molar-refractivity contribution in [2.45, 2.75) is 6.61 Å². The van der Waals surface area contributed by atoms with Gasteiger partial charge < -0.3 is 15.0 Å². The molecule has 0 fully saturated rings. The number of aromatic nitrogens is 2. The highest BCUT2D eigenvalue weighted by Gasteiger charge is 2.13. The summed E-state index contributed by atoms with van der Waals surface area (Å²) in [5, 5.41) is 7.35. The van der Waals surface area contributed by atoms with E-state index in [2.05, 4.69) is 4.98 Å². The Kier molecular flexibility index (Phi) is 4.88. The average molecular weight is 285 g/mol. The minimum atomic E-state index is -0.570. The number of hydrogen-bond acceptors (Lipinski definition) is 3. The van der Waals surface area contributed by atoms with Gasteiger partial charge in [-0.3, -0.25) is 5.41 Å². The standard InChI is InChI=1S/C12H13FN4O.ClH/c1-17-6-5-16-10(17)7-18-9-4-2-3-8(13)11(9)12(14)15;/h2-6H,7H2,1H3,(H3,14,15);1H. The average Bonchev–Trinajstić information content (AvgIpc) is 2.71. The zero-order chi connectivity index (χ0) is 13.1. The predicted molar refractivity (Wildman–Crippen MR) is 72.2 cm³/mol. The number of hydrogen-bond donors (Lipinski definition) is 2. The van der Waals surface area contributed by atoms with Gasteiger partial charge in [0.1, 0.15) is 29.8 Å². The highest BCUT2D eigenvalue weighted by atomic mass is 35.5. The molecule has 0 saturated carbocycles. The van der Waals surface area contributed by atoms with Crippen LogP contribution < -0.4 is 10.5 Å². The summed E-state index contributed by atoms with van der Waals surface area (Å²) in [6.45, 7) is 0.188. The van der Waals surface area contributed by atoms with E-state index in [9.17, 15) is 4.39 Å². The zero-order valence-corrected chi connectivity index (χ0v) is 11.1. The van der Waals surface area contributed by atoms with Crippen LogP contribution in [0.2, 0.25) is 0 Å². The van der Waals surface area contributed by atoms with Gasteiger partial charge in [0.25, 0.3) is 0 Å². The second-order valence-electron chi connectivity index (χ2n) is 3.77. The third-order valence-electron chi connectivity index (χ3n) is 2.52. The maximum absolute atomic E-state index is 13.5. The summed E-state index contributed by atoms with van der Waals surface area (Å²) in [7, 11) is 1.84. The van der Waals surface area contributed by atoms with E-state index in [1.165, 1.54) is 12.1 Å². The van der Waals surface area contributed by atoms with Gasteiger partial charge in [0.2, 0.25) is 0 Å². The number of nitrogens with two attached hydrogens (primary N) is 1. The molecule has 0 aliphatic heterocycles. The lowest BCUT2D eigenvalue weighted by Crippen LogP contribution is -2.15. The fourth-order valence-corrected chi connectivity index (χ4v) is 1.56. The van der Waals surface area contributed by atoms with Gasteiger partial charge in [0.05, 0.1) is 5.56 Å². The Morgan fingerprint density at radius 2 is 2.26 bits per heavy atom. The molecule has 0 amide bonds. The van der Waals surface area contributed by atoms with Gasteiger partial charge in [-0.05, 0) is 12.1 Å². The van der Waals surface area contributed by atoms with Crippen molar-refractivity contribution in [3.63, 3.8) is 0 Å². The molecule has 2 rings (SSSR count). The molecule has 0 bridgehead atoms. The van der Waals surface area contributed by atoms with Crippen molar-refractivity contribution in [3.8, 4) is 5.75 Å². The summed E-state index contributed by atoms with van der Waals surface area (Å²) in [4.78, 5) is 4.09. The van der Waals surface area contributed by atoms with E-state index < -0.39 is 5.82 Å². The molecule has 5 nitrogen and oxygen atoms in total. The molecular formula is C12H14ClFN4O. The molecule has 1 heterocycles. The normalized spacial score (nSPS) is 9.79. The Balaban J connectivity index is 0.00000180. The van der Waals surface area contributed by atoms with Crippen LogP contribution in [0.5, 0.6) is 5.75 Å². The van der Waals surface area contributed by atoms with Crippen LogP contribution in [0.1, 0.15) is 11.4 Å². The van der Waals surface area contributed by atoms with Crippen molar-refractivity contribution < 1.29 is 9.13 Å². The third-order valence-corrected chi connectivity index (χ3v) is 2.52. The number of halogens is 2. The Morgan fingerprint density at radius 1 is 1.53 bits per heavy atom. The molecule has 1 aromatic carbocycles. The Labute approximate surface area is 116 Å². The number of amidine groups is 1. The van der Waals surface area contributed by atoms with Crippen LogP contribution in [0.4, 0.5) is 4.39 Å². The first kappa shape index (κ1) is 15.0. The molecule has 1 aromatic heterocycles. The summed E-state index contributed by atoms with van der Waals surface area (Å²) in [5.41, 5.74) is 5.32. The van der Waals surface area contributed by atoms with Crippen molar-refractivity contribution in [1.82, 2.24) is 9.55 Å². The van der Waals surface area contributed by atoms with Crippen LogP contribution in [0.25, 0.3) is 0 Å². The summed E-state index contributed by atoms with van der Waals surface area (Å²) in [5.74, 6) is 0.0158. The van der Waals surface area contributed by atoms with Gasteiger partial charge in [0.15, 0.2) is 0 Å². The van der Waals surface area contributed by atoms with Gasteiger partial charge >= 0.3 is 0 Å². The van der Waals surface area contributed by atoms with Crippen LogP contribution in [0, 0.1) is 11.2 Å². The fraction of sp³-hybridized carbons (Fsp3) is 0.167. The van der Waals surface area contributed by atoms with E-state index in [-0.39, 0.29) is 36.2 Å². The van der Waals surface area contributed by atoms with E-state index in [1.54, 1.807) is 23.0 Å². The fourth-order valence-electron chi connectivity index (χ4n) is 1.56. The van der Waals surface area contributed by atoms with Crippen molar-refractivity contribution in [2.24, 2.45) is 12.8 Å². The van der Waals surface area contributed by atoms with Crippen molar-refractivity contribution in [3.05, 3.63) is 47.8 Å². The molecule has 0 radical (unpaired) electrons. The maximum Gasteiger partial charge on any atom is 0.146 e. The quantitative estimate of drug-likeness (QED) is 0.664. The van der Waals surface area contributed by atoms with Crippen LogP contribution in [0.3, 0.4) is 0 Å². The van der Waals surface area contributed by atoms with Crippen LogP contribution in [0.15, 0.2) is 30.6 Å². The second kappa shape index (κ2) is 6.19. The minimum absolute atomic E-state index is 0. The predicted octanol–water partition coefficient (Wildman–Crippen LogP) is 1.84. The van der Waals surface area contributed by atoms with E-state index in [0.717, 1.165) is 0 Å². The molecule has 19 heavy (non-hydrogen) atoms. The number of aryl methyl sites for hydroxylation is 1. The number of ether oxygens (including phenoxy) is 1. The Morgan fingerprint density at radius 3 is 2.84 bits per heavy atom. The first-order chi connectivity index (χ1) is 8.59. The Bertz CT molecular complexity index is 585. The molecule has 0 unspecified atom stereocenters. The smallest absolute Gasteiger partial charge is 0.146 e. The molecule has 3 N–H and O–H groups in total. The van der Waals surface area contributed by atoms with E-state index in [0.29, 0.717) is 5.82 Å². The molecule has 0 spiro atoms. The van der Waals surface area contributed by atoms with Crippen molar-refractivity contribution in [2.75, 3.05) is 0 Å². The highest BCUT2D eigenvalue weighted by Crippen LogP contribution is 2.21. The molecular weight excluding hydrogens is 271 g/mol. The molecule has 2 aromatic rings. The monoisotopic (exact) mass is 284 g/mol. The Hall–Kier alpha value is -2.08. The van der Waals surface area contributed by atoms with E-state index in [4.69, 9.17) is 15.9 Å². The second-order valence-corrected chi connectivity index (χ2v) is 3.77. The minimum Gasteiger partial charge on any atom is -0.485 e. The van der Waals surface area contributed by atoms with Gasteiger partial charge in [-0.25, -0.2) is 9.37 Å². The van der Waals surface area contributed by atoms with Gasteiger partial charge in [-0.2, -0.15) is 0 Å². The van der Waals surface area contributed by atoms with Gasteiger partial charge in [0, 0.05) is 19.4 Å². The molecule has 0 saturated heterocycles. The SMILES string of the molecule is Cl.Cn1ccnc1COc1cccc(F)c1C(=N)N. The first-order valence-corrected chi connectivity index (χ1v) is 5.31. The summed E-state index contributed by atoms with van der Waals surface area (Å²) >= 11 is 0. The summed E-state index contributed by atoms with van der Waals surface area (Å²) in [6, 6.07) is 4.32. The lowest BCUT2D eigenvalue weighted by atomic mass is 10.1. The van der Waals surface area contributed by atoms with Crippen LogP contribution in [-0.2, 0) is 13.7 Å². The topological polar surface area (TPSA) is 76.9 Å². The van der Waals surface area contributed by atoms with Gasteiger partial charge in [-0.1, -0.05) is 6.07 Å². The number of rotatable bonds is 4. The number of nitrogens with one attached hydrogen (secondary N) is 1. The van der Waals surface area contributed by atoms with Gasteiger partial charge in [-0.15, -0.1) is 12.4 Å². The van der Waals surface area contributed by atoms with E-state index in [1.807, 2.05) is 7.05 Å². The molecule has 0 atom stereocenters. The highest BCUT2D eigenvalue weighted by molar-refractivity contribution is 5.97. The molecule has 0 aliphatic rings. The van der Waals surface area contributed by atoms with Crippen molar-refractivity contribution >= 4 is 18.2 Å². The number of benzene rings is 1. The maximum atomic E-state index is 13.5. The van der Waals surface area contributed by atoms with Crippen LogP contribution >= 0.6 is 12.4 Å². The van der Waals surface area contributed by atoms with Crippen LogP contribution in [-0.4, -0.2) is 15.4 Å². The molecule has 7 heteroatoms. The third kappa shape index (κ3) is 3.23. The number of nitrogens with zero attached hydrogens (tertiary/aromatic N) is 2. The largest absolute Gasteiger partial charge is 0.485 e. The summed E-state index contributed by atoms with van der Waals surface area (Å²) in [6.07, 6.45) is 3.44. The summed E-state index contributed by atoms with van der Waals surface area (Å²) < 4.78 is 20.8. The molecule has 0 aliphatic carbocycles. The van der Waals surface area contributed by atoms with Crippen molar-refractivity contribution in [1.29, 1.82) is 5.41 Å². The lowest BCUT2D eigenvalue weighted by molar-refractivity contribution is 0.289. The lowest BCUT2D eigenvalue weighted by Gasteiger charge is -2.11.